The van der Waals surface area contributed by atoms with Crippen LogP contribution in [0.15, 0.2) is 59.6 Å². The number of nitrogens with one attached hydrogen (secondary N) is 1. The molecule has 146 valence electrons. The summed E-state index contributed by atoms with van der Waals surface area (Å²) in [6, 6.07) is 19.0. The van der Waals surface area contributed by atoms with Gasteiger partial charge in [-0.15, -0.1) is 24.0 Å². The molecule has 0 aliphatic carbocycles. The Morgan fingerprint density at radius 2 is 1.63 bits per heavy atom. The smallest absolute Gasteiger partial charge is 0.188 e. The van der Waals surface area contributed by atoms with E-state index in [0.29, 0.717) is 12.5 Å². The van der Waals surface area contributed by atoms with Crippen molar-refractivity contribution >= 4 is 29.9 Å². The van der Waals surface area contributed by atoms with E-state index in [1.165, 1.54) is 16.7 Å². The number of guanidine groups is 1. The van der Waals surface area contributed by atoms with Crippen LogP contribution in [0.2, 0.25) is 0 Å². The average molecular weight is 480 g/mol. The molecular weight excluding hydrogens is 451 g/mol. The van der Waals surface area contributed by atoms with Crippen molar-refractivity contribution in [3.05, 3.63) is 71.3 Å². The highest BCUT2D eigenvalue weighted by atomic mass is 127. The summed E-state index contributed by atoms with van der Waals surface area (Å²) in [4.78, 5) is 6.85. The van der Waals surface area contributed by atoms with E-state index in [2.05, 4.69) is 63.7 Å². The second kappa shape index (κ2) is 11.9. The first-order valence-corrected chi connectivity index (χ1v) is 9.25. The Morgan fingerprint density at radius 1 is 0.963 bits per heavy atom. The van der Waals surface area contributed by atoms with Gasteiger partial charge in [-0.1, -0.05) is 54.6 Å². The van der Waals surface area contributed by atoms with Gasteiger partial charge in [-0.3, -0.25) is 4.90 Å². The molecule has 0 atom stereocenters. The van der Waals surface area contributed by atoms with Crippen molar-refractivity contribution in [2.45, 2.75) is 19.5 Å². The zero-order valence-corrected chi connectivity index (χ0v) is 18.0. The Hall–Kier alpha value is -1.64. The molecule has 0 radical (unpaired) electrons. The van der Waals surface area contributed by atoms with Crippen LogP contribution in [-0.4, -0.2) is 43.7 Å². The van der Waals surface area contributed by atoms with Crippen molar-refractivity contribution in [3.63, 3.8) is 0 Å². The summed E-state index contributed by atoms with van der Waals surface area (Å²) in [5.41, 5.74) is 9.75. The zero-order chi connectivity index (χ0) is 18.0. The van der Waals surface area contributed by atoms with Crippen LogP contribution < -0.4 is 11.1 Å². The summed E-state index contributed by atoms with van der Waals surface area (Å²) < 4.78 is 5.39. The fourth-order valence-corrected chi connectivity index (χ4v) is 2.98. The highest BCUT2D eigenvalue weighted by Crippen LogP contribution is 2.10. The lowest BCUT2D eigenvalue weighted by Gasteiger charge is -2.26. The number of rotatable bonds is 7. The Morgan fingerprint density at radius 3 is 2.33 bits per heavy atom. The zero-order valence-electron chi connectivity index (χ0n) is 15.6. The van der Waals surface area contributed by atoms with Gasteiger partial charge in [0.05, 0.1) is 19.8 Å². The molecule has 0 aromatic heterocycles. The molecule has 1 aliphatic rings. The number of ether oxygens (including phenoxy) is 1. The lowest BCUT2D eigenvalue weighted by Crippen LogP contribution is -2.35. The molecule has 0 bridgehead atoms. The number of hydrogen-bond acceptors (Lipinski definition) is 3. The number of halogens is 1. The van der Waals surface area contributed by atoms with Crippen molar-refractivity contribution in [1.82, 2.24) is 10.2 Å². The normalized spacial score (nSPS) is 15.2. The highest BCUT2D eigenvalue weighted by Gasteiger charge is 2.10. The van der Waals surface area contributed by atoms with E-state index in [4.69, 9.17) is 10.5 Å². The van der Waals surface area contributed by atoms with Gasteiger partial charge in [0.2, 0.25) is 0 Å². The molecule has 6 heteroatoms. The molecule has 2 aromatic carbocycles. The first-order chi connectivity index (χ1) is 12.8. The van der Waals surface area contributed by atoms with E-state index in [1.54, 1.807) is 0 Å². The molecule has 3 N–H and O–H groups in total. The molecule has 5 nitrogen and oxygen atoms in total. The second-order valence-electron chi connectivity index (χ2n) is 6.57. The van der Waals surface area contributed by atoms with Crippen LogP contribution in [0.1, 0.15) is 16.7 Å². The predicted molar refractivity (Wildman–Crippen MR) is 121 cm³/mol. The fourth-order valence-electron chi connectivity index (χ4n) is 2.98. The van der Waals surface area contributed by atoms with Gasteiger partial charge in [-0.2, -0.15) is 0 Å². The van der Waals surface area contributed by atoms with Crippen LogP contribution in [-0.2, 0) is 24.2 Å². The van der Waals surface area contributed by atoms with Gasteiger partial charge >= 0.3 is 0 Å². The molecule has 0 spiro atoms. The van der Waals surface area contributed by atoms with Gasteiger partial charge in [0.1, 0.15) is 0 Å². The fraction of sp³-hybridized carbons (Fsp3) is 0.381. The number of benzene rings is 2. The first-order valence-electron chi connectivity index (χ1n) is 9.25. The quantitative estimate of drug-likeness (QED) is 0.364. The maximum absolute atomic E-state index is 5.96. The van der Waals surface area contributed by atoms with E-state index >= 15 is 0 Å². The summed E-state index contributed by atoms with van der Waals surface area (Å²) in [7, 11) is 0. The molecule has 0 unspecified atom stereocenters. The van der Waals surface area contributed by atoms with Crippen molar-refractivity contribution in [3.8, 4) is 0 Å². The van der Waals surface area contributed by atoms with E-state index in [-0.39, 0.29) is 24.0 Å². The van der Waals surface area contributed by atoms with Gasteiger partial charge in [0.25, 0.3) is 0 Å². The van der Waals surface area contributed by atoms with Gasteiger partial charge in [0, 0.05) is 26.2 Å². The van der Waals surface area contributed by atoms with Crippen LogP contribution in [0.3, 0.4) is 0 Å². The number of nitrogens with zero attached hydrogens (tertiary/aromatic N) is 2. The number of morpholine rings is 1. The minimum atomic E-state index is 0. The SMILES string of the molecule is I.NC(=NCc1ccc(CN2CCOCC2)cc1)NCCc1ccccc1. The summed E-state index contributed by atoms with van der Waals surface area (Å²) >= 11 is 0. The summed E-state index contributed by atoms with van der Waals surface area (Å²) in [6.45, 7) is 6.07. The summed E-state index contributed by atoms with van der Waals surface area (Å²) in [5.74, 6) is 0.498. The maximum Gasteiger partial charge on any atom is 0.188 e. The lowest BCUT2D eigenvalue weighted by molar-refractivity contribution is 0.0342. The molecule has 27 heavy (non-hydrogen) atoms. The molecule has 0 saturated carbocycles. The first kappa shape index (κ1) is 21.7. The summed E-state index contributed by atoms with van der Waals surface area (Å²) in [5, 5.41) is 3.18. The van der Waals surface area contributed by atoms with Gasteiger partial charge in [-0.05, 0) is 23.1 Å². The monoisotopic (exact) mass is 480 g/mol. The number of hydrogen-bond donors (Lipinski definition) is 2. The highest BCUT2D eigenvalue weighted by molar-refractivity contribution is 14.0. The van der Waals surface area contributed by atoms with Crippen molar-refractivity contribution in [1.29, 1.82) is 0 Å². The Bertz CT molecular complexity index is 685. The van der Waals surface area contributed by atoms with Gasteiger partial charge in [0.15, 0.2) is 5.96 Å². The molecule has 1 aliphatic heterocycles. The minimum absolute atomic E-state index is 0. The van der Waals surface area contributed by atoms with Crippen molar-refractivity contribution in [2.75, 3.05) is 32.8 Å². The van der Waals surface area contributed by atoms with Crippen LogP contribution >= 0.6 is 24.0 Å². The van der Waals surface area contributed by atoms with Crippen LogP contribution in [0, 0.1) is 0 Å². The minimum Gasteiger partial charge on any atom is -0.379 e. The largest absolute Gasteiger partial charge is 0.379 e. The Labute approximate surface area is 179 Å². The number of nitrogens with two attached hydrogens (primary N) is 1. The molecule has 3 rings (SSSR count). The third-order valence-electron chi connectivity index (χ3n) is 4.53. The maximum atomic E-state index is 5.96. The second-order valence-corrected chi connectivity index (χ2v) is 6.57. The third-order valence-corrected chi connectivity index (χ3v) is 4.53. The van der Waals surface area contributed by atoms with E-state index in [0.717, 1.165) is 45.8 Å². The number of aliphatic imine (C=N–C) groups is 1. The van der Waals surface area contributed by atoms with Crippen LogP contribution in [0.25, 0.3) is 0 Å². The lowest BCUT2D eigenvalue weighted by atomic mass is 10.1. The standard InChI is InChI=1S/C21H28N4O.HI/c22-21(23-11-10-18-4-2-1-3-5-18)24-16-19-6-8-20(9-7-19)17-25-12-14-26-15-13-25;/h1-9H,10-17H2,(H3,22,23,24);1H. The Kier molecular flexibility index (Phi) is 9.58. The third kappa shape index (κ3) is 7.86. The van der Waals surface area contributed by atoms with Gasteiger partial charge in [-0.25, -0.2) is 4.99 Å². The van der Waals surface area contributed by atoms with Crippen LogP contribution in [0.4, 0.5) is 0 Å². The van der Waals surface area contributed by atoms with Gasteiger partial charge < -0.3 is 15.8 Å². The molecule has 2 aromatic rings. The molecule has 1 heterocycles. The average Bonchev–Trinajstić information content (AvgIpc) is 2.69. The molecule has 0 amide bonds. The molecule has 1 fully saturated rings. The summed E-state index contributed by atoms with van der Waals surface area (Å²) in [6.07, 6.45) is 0.938. The van der Waals surface area contributed by atoms with Crippen molar-refractivity contribution < 1.29 is 4.74 Å². The topological polar surface area (TPSA) is 62.9 Å². The van der Waals surface area contributed by atoms with Crippen LogP contribution in [0.5, 0.6) is 0 Å². The van der Waals surface area contributed by atoms with E-state index in [1.807, 2.05) is 6.07 Å². The van der Waals surface area contributed by atoms with Crippen molar-refractivity contribution in [2.24, 2.45) is 10.7 Å². The Balaban J connectivity index is 0.00000261. The molecule has 1 saturated heterocycles. The van der Waals surface area contributed by atoms with E-state index in [9.17, 15) is 0 Å². The van der Waals surface area contributed by atoms with E-state index < -0.39 is 0 Å². The molecular formula is C21H29IN4O. The predicted octanol–water partition coefficient (Wildman–Crippen LogP) is 2.78.